The van der Waals surface area contributed by atoms with Crippen molar-refractivity contribution in [2.75, 3.05) is 13.7 Å². The molecule has 5 rings (SSSR count). The monoisotopic (exact) mass is 484 g/mol. The van der Waals surface area contributed by atoms with Crippen molar-refractivity contribution < 1.29 is 14.9 Å². The van der Waals surface area contributed by atoms with Crippen molar-refractivity contribution in [3.63, 3.8) is 0 Å². The second-order valence-corrected chi connectivity index (χ2v) is 9.92. The molecule has 1 fully saturated rings. The van der Waals surface area contributed by atoms with E-state index in [1.54, 1.807) is 7.11 Å². The summed E-state index contributed by atoms with van der Waals surface area (Å²) < 4.78 is 7.57. The molecule has 188 valence electrons. The summed E-state index contributed by atoms with van der Waals surface area (Å²) in [7, 11) is 1.67. The van der Waals surface area contributed by atoms with Gasteiger partial charge < -0.3 is 19.5 Å². The van der Waals surface area contributed by atoms with Gasteiger partial charge >= 0.3 is 0 Å². The summed E-state index contributed by atoms with van der Waals surface area (Å²) in [4.78, 5) is 2.29. The minimum absolute atomic E-state index is 0.0658. The fraction of sp³-hybridized carbons (Fsp3) is 0.355. The maximum Gasteiger partial charge on any atom is 0.118 e. The van der Waals surface area contributed by atoms with Crippen LogP contribution in [0, 0.1) is 0 Å². The standard InChI is InChI=1S/C31H36N2O3/c1-36-27-17-15-24(16-18-27)30-19-25-11-5-6-12-28(25)33(30)22-26(34)21-32(20-23-9-3-2-4-10-23)29-13-7-8-14-31(29)35/h2-6,9-12,15-19,26,29,31,34-35H,7-8,13-14,20-22H2,1H3/t26-,29-,31-/m1/s1. The van der Waals surface area contributed by atoms with Crippen LogP contribution in [0.2, 0.25) is 0 Å². The van der Waals surface area contributed by atoms with E-state index in [4.69, 9.17) is 4.74 Å². The highest BCUT2D eigenvalue weighted by Gasteiger charge is 2.30. The number of para-hydroxylation sites is 1. The van der Waals surface area contributed by atoms with Crippen molar-refractivity contribution in [1.82, 2.24) is 9.47 Å². The van der Waals surface area contributed by atoms with Crippen LogP contribution in [0.1, 0.15) is 31.2 Å². The summed E-state index contributed by atoms with van der Waals surface area (Å²) in [6.45, 7) is 1.70. The number of aliphatic hydroxyl groups excluding tert-OH is 2. The smallest absolute Gasteiger partial charge is 0.118 e. The van der Waals surface area contributed by atoms with E-state index in [9.17, 15) is 10.2 Å². The van der Waals surface area contributed by atoms with E-state index in [1.165, 1.54) is 5.56 Å². The number of hydrogen-bond acceptors (Lipinski definition) is 4. The maximum atomic E-state index is 11.4. The van der Waals surface area contributed by atoms with Crippen LogP contribution in [0.5, 0.6) is 5.75 Å². The Morgan fingerprint density at radius 3 is 2.42 bits per heavy atom. The summed E-state index contributed by atoms with van der Waals surface area (Å²) in [5, 5.41) is 23.4. The molecule has 0 radical (unpaired) electrons. The Balaban J connectivity index is 1.42. The van der Waals surface area contributed by atoms with E-state index in [2.05, 4.69) is 51.9 Å². The fourth-order valence-electron chi connectivity index (χ4n) is 5.60. The Bertz CT molecular complexity index is 1250. The van der Waals surface area contributed by atoms with Crippen molar-refractivity contribution in [2.45, 2.75) is 57.0 Å². The number of aliphatic hydroxyl groups is 2. The van der Waals surface area contributed by atoms with Crippen LogP contribution in [0.4, 0.5) is 0 Å². The highest BCUT2D eigenvalue weighted by atomic mass is 16.5. The first kappa shape index (κ1) is 24.6. The van der Waals surface area contributed by atoms with Crippen molar-refractivity contribution in [1.29, 1.82) is 0 Å². The zero-order valence-electron chi connectivity index (χ0n) is 21.0. The molecule has 0 saturated heterocycles. The second kappa shape index (κ2) is 11.3. The number of methoxy groups -OCH3 is 1. The van der Waals surface area contributed by atoms with Gasteiger partial charge in [-0.15, -0.1) is 0 Å². The van der Waals surface area contributed by atoms with Gasteiger partial charge in [0.15, 0.2) is 0 Å². The topological polar surface area (TPSA) is 57.9 Å². The summed E-state index contributed by atoms with van der Waals surface area (Å²) in [6.07, 6.45) is 3.04. The van der Waals surface area contributed by atoms with Crippen LogP contribution in [-0.4, -0.2) is 51.6 Å². The number of benzene rings is 3. The fourth-order valence-corrected chi connectivity index (χ4v) is 5.60. The summed E-state index contributed by atoms with van der Waals surface area (Å²) in [5.41, 5.74) is 4.47. The molecule has 5 nitrogen and oxygen atoms in total. The lowest BCUT2D eigenvalue weighted by Crippen LogP contribution is -2.48. The molecule has 1 aliphatic carbocycles. The zero-order chi connectivity index (χ0) is 24.9. The zero-order valence-corrected chi connectivity index (χ0v) is 21.0. The summed E-state index contributed by atoms with van der Waals surface area (Å²) in [6, 6.07) is 29.0. The number of rotatable bonds is 9. The lowest BCUT2D eigenvalue weighted by molar-refractivity contribution is -0.00868. The van der Waals surface area contributed by atoms with Crippen LogP contribution in [-0.2, 0) is 13.1 Å². The molecule has 0 unspecified atom stereocenters. The molecule has 1 aromatic heterocycles. The van der Waals surface area contributed by atoms with E-state index in [0.29, 0.717) is 13.1 Å². The van der Waals surface area contributed by atoms with Gasteiger partial charge in [0.2, 0.25) is 0 Å². The minimum Gasteiger partial charge on any atom is -0.497 e. The van der Waals surface area contributed by atoms with Crippen LogP contribution in [0.15, 0.2) is 84.9 Å². The molecule has 36 heavy (non-hydrogen) atoms. The molecule has 0 bridgehead atoms. The molecule has 0 spiro atoms. The van der Waals surface area contributed by atoms with Crippen LogP contribution >= 0.6 is 0 Å². The molecule has 1 saturated carbocycles. The van der Waals surface area contributed by atoms with Gasteiger partial charge in [-0.3, -0.25) is 4.90 Å². The molecule has 1 aliphatic rings. The average Bonchev–Trinajstić information content (AvgIpc) is 3.27. The second-order valence-electron chi connectivity index (χ2n) is 9.92. The highest BCUT2D eigenvalue weighted by molar-refractivity contribution is 5.87. The molecule has 4 aromatic rings. The van der Waals surface area contributed by atoms with Gasteiger partial charge in [-0.1, -0.05) is 61.4 Å². The third-order valence-electron chi connectivity index (χ3n) is 7.43. The number of ether oxygens (including phenoxy) is 1. The molecule has 0 aliphatic heterocycles. The van der Waals surface area contributed by atoms with Crippen molar-refractivity contribution in [3.05, 3.63) is 90.5 Å². The van der Waals surface area contributed by atoms with Gasteiger partial charge in [0, 0.05) is 35.7 Å². The first-order valence-electron chi connectivity index (χ1n) is 13.0. The van der Waals surface area contributed by atoms with E-state index in [-0.39, 0.29) is 12.1 Å². The molecule has 5 heteroatoms. The van der Waals surface area contributed by atoms with E-state index < -0.39 is 6.10 Å². The van der Waals surface area contributed by atoms with Gasteiger partial charge in [0.05, 0.1) is 25.9 Å². The Hall–Kier alpha value is -3.12. The van der Waals surface area contributed by atoms with E-state index in [1.807, 2.05) is 42.5 Å². The minimum atomic E-state index is -0.587. The van der Waals surface area contributed by atoms with Gasteiger partial charge in [0.1, 0.15) is 5.75 Å². The van der Waals surface area contributed by atoms with Crippen LogP contribution < -0.4 is 4.74 Å². The summed E-state index contributed by atoms with van der Waals surface area (Å²) >= 11 is 0. The average molecular weight is 485 g/mol. The van der Waals surface area contributed by atoms with Crippen LogP contribution in [0.3, 0.4) is 0 Å². The SMILES string of the molecule is COc1ccc(-c2cc3ccccc3n2C[C@H](O)CN(Cc2ccccc2)[C@@H]2CCCC[C@H]2O)cc1. The maximum absolute atomic E-state index is 11.4. The quantitative estimate of drug-likeness (QED) is 0.330. The largest absolute Gasteiger partial charge is 0.497 e. The van der Waals surface area contributed by atoms with Crippen molar-refractivity contribution in [2.24, 2.45) is 0 Å². The molecular weight excluding hydrogens is 448 g/mol. The van der Waals surface area contributed by atoms with Gasteiger partial charge in [0.25, 0.3) is 0 Å². The molecule has 1 heterocycles. The Kier molecular flexibility index (Phi) is 7.71. The van der Waals surface area contributed by atoms with E-state index >= 15 is 0 Å². The normalized spacial score (nSPS) is 19.0. The molecular formula is C31H36N2O3. The highest BCUT2D eigenvalue weighted by Crippen LogP contribution is 2.30. The molecule has 3 aromatic carbocycles. The first-order valence-corrected chi connectivity index (χ1v) is 13.0. The molecule has 3 atom stereocenters. The van der Waals surface area contributed by atoms with Crippen molar-refractivity contribution in [3.8, 4) is 17.0 Å². The lowest BCUT2D eigenvalue weighted by Gasteiger charge is -2.39. The van der Waals surface area contributed by atoms with Crippen molar-refractivity contribution >= 4 is 10.9 Å². The Labute approximate surface area is 213 Å². The first-order chi connectivity index (χ1) is 17.6. The number of fused-ring (bicyclic) bond motifs is 1. The van der Waals surface area contributed by atoms with Gasteiger partial charge in [-0.25, -0.2) is 0 Å². The van der Waals surface area contributed by atoms with Gasteiger partial charge in [-0.05, 0) is 60.4 Å². The Morgan fingerprint density at radius 2 is 1.67 bits per heavy atom. The molecule has 2 N–H and O–H groups in total. The predicted molar refractivity (Wildman–Crippen MR) is 145 cm³/mol. The summed E-state index contributed by atoms with van der Waals surface area (Å²) in [5.74, 6) is 0.823. The number of aromatic nitrogens is 1. The van der Waals surface area contributed by atoms with Crippen LogP contribution in [0.25, 0.3) is 22.2 Å². The third kappa shape index (κ3) is 5.49. The Morgan fingerprint density at radius 1 is 0.944 bits per heavy atom. The third-order valence-corrected chi connectivity index (χ3v) is 7.43. The van der Waals surface area contributed by atoms with Gasteiger partial charge in [-0.2, -0.15) is 0 Å². The number of nitrogens with zero attached hydrogens (tertiary/aromatic N) is 2. The number of hydrogen-bond donors (Lipinski definition) is 2. The van der Waals surface area contributed by atoms with E-state index in [0.717, 1.165) is 60.1 Å². The lowest BCUT2D eigenvalue weighted by atomic mass is 9.90. The molecule has 0 amide bonds. The predicted octanol–water partition coefficient (Wildman–Crippen LogP) is 5.48.